The summed E-state index contributed by atoms with van der Waals surface area (Å²) in [6.45, 7) is 6.71. The number of fused-ring (bicyclic) bond motifs is 1. The third-order valence-corrected chi connectivity index (χ3v) is 3.16. The van der Waals surface area contributed by atoms with E-state index >= 15 is 0 Å². The fraction of sp³-hybridized carbons (Fsp3) is 0.312. The molecule has 0 saturated carbocycles. The van der Waals surface area contributed by atoms with Crippen LogP contribution in [0.1, 0.15) is 36.4 Å². The van der Waals surface area contributed by atoms with E-state index in [2.05, 4.69) is 27.1 Å². The molecule has 1 aromatic carbocycles. The van der Waals surface area contributed by atoms with Crippen molar-refractivity contribution in [2.45, 2.75) is 33.4 Å². The Bertz CT molecular complexity index is 677. The molecule has 0 aliphatic carbocycles. The molecule has 0 spiro atoms. The van der Waals surface area contributed by atoms with Gasteiger partial charge in [0.05, 0.1) is 24.1 Å². The van der Waals surface area contributed by atoms with E-state index in [0.29, 0.717) is 6.54 Å². The van der Waals surface area contributed by atoms with Crippen LogP contribution in [0.5, 0.6) is 5.75 Å². The number of aliphatic imine (C=N–C) groups is 1. The van der Waals surface area contributed by atoms with Crippen LogP contribution in [0.2, 0.25) is 0 Å². The molecule has 3 rings (SSSR count). The molecule has 0 fully saturated rings. The molecule has 0 unspecified atom stereocenters. The van der Waals surface area contributed by atoms with Crippen LogP contribution in [0.25, 0.3) is 0 Å². The first-order valence-corrected chi connectivity index (χ1v) is 6.77. The van der Waals surface area contributed by atoms with E-state index < -0.39 is 0 Å². The van der Waals surface area contributed by atoms with Gasteiger partial charge in [-0.2, -0.15) is 0 Å². The highest BCUT2D eigenvalue weighted by Crippen LogP contribution is 2.27. The predicted octanol–water partition coefficient (Wildman–Crippen LogP) is 2.92. The van der Waals surface area contributed by atoms with Gasteiger partial charge < -0.3 is 4.74 Å². The molecular formula is C16H17N3O. The van der Waals surface area contributed by atoms with Gasteiger partial charge in [0.2, 0.25) is 0 Å². The molecule has 0 radical (unpaired) electrons. The monoisotopic (exact) mass is 267 g/mol. The highest BCUT2D eigenvalue weighted by atomic mass is 16.5. The summed E-state index contributed by atoms with van der Waals surface area (Å²) >= 11 is 0. The summed E-state index contributed by atoms with van der Waals surface area (Å²) in [4.78, 5) is 13.1. The SMILES string of the molecule is Cc1cc(C2=NCc3ccc(OC(C)C)cc32)ncn1. The molecule has 2 aromatic rings. The Hall–Kier alpha value is -2.23. The zero-order chi connectivity index (χ0) is 14.1. The van der Waals surface area contributed by atoms with Crippen molar-refractivity contribution in [1.82, 2.24) is 9.97 Å². The van der Waals surface area contributed by atoms with Crippen molar-refractivity contribution in [3.05, 3.63) is 53.1 Å². The summed E-state index contributed by atoms with van der Waals surface area (Å²) in [6.07, 6.45) is 1.75. The van der Waals surface area contributed by atoms with Crippen LogP contribution in [-0.2, 0) is 6.54 Å². The molecule has 20 heavy (non-hydrogen) atoms. The van der Waals surface area contributed by atoms with E-state index in [1.165, 1.54) is 5.56 Å². The average molecular weight is 267 g/mol. The number of hydrogen-bond donors (Lipinski definition) is 0. The lowest BCUT2D eigenvalue weighted by Gasteiger charge is -2.11. The van der Waals surface area contributed by atoms with Crippen LogP contribution in [0.4, 0.5) is 0 Å². The van der Waals surface area contributed by atoms with Crippen molar-refractivity contribution in [2.75, 3.05) is 0 Å². The van der Waals surface area contributed by atoms with E-state index in [1.807, 2.05) is 32.9 Å². The zero-order valence-corrected chi connectivity index (χ0v) is 11.9. The van der Waals surface area contributed by atoms with E-state index in [9.17, 15) is 0 Å². The van der Waals surface area contributed by atoms with Crippen molar-refractivity contribution in [3.63, 3.8) is 0 Å². The van der Waals surface area contributed by atoms with Crippen molar-refractivity contribution >= 4 is 5.71 Å². The first-order chi connectivity index (χ1) is 9.63. The summed E-state index contributed by atoms with van der Waals surface area (Å²) in [5.41, 5.74) is 5.08. The lowest BCUT2D eigenvalue weighted by atomic mass is 10.0. The smallest absolute Gasteiger partial charge is 0.120 e. The number of nitrogens with zero attached hydrogens (tertiary/aromatic N) is 3. The topological polar surface area (TPSA) is 47.4 Å². The van der Waals surface area contributed by atoms with Gasteiger partial charge >= 0.3 is 0 Å². The van der Waals surface area contributed by atoms with Gasteiger partial charge in [0.25, 0.3) is 0 Å². The molecule has 1 aromatic heterocycles. The van der Waals surface area contributed by atoms with Gasteiger partial charge in [0.1, 0.15) is 12.1 Å². The van der Waals surface area contributed by atoms with Gasteiger partial charge in [-0.1, -0.05) is 6.07 Å². The van der Waals surface area contributed by atoms with Gasteiger partial charge in [-0.05, 0) is 44.5 Å². The Morgan fingerprint density at radius 2 is 2.00 bits per heavy atom. The van der Waals surface area contributed by atoms with E-state index in [-0.39, 0.29) is 6.10 Å². The van der Waals surface area contributed by atoms with E-state index in [4.69, 9.17) is 4.74 Å². The lowest BCUT2D eigenvalue weighted by Crippen LogP contribution is -2.08. The molecule has 102 valence electrons. The summed E-state index contributed by atoms with van der Waals surface area (Å²) in [5, 5.41) is 0. The second-order valence-electron chi connectivity index (χ2n) is 5.20. The summed E-state index contributed by atoms with van der Waals surface area (Å²) in [6, 6.07) is 8.10. The third-order valence-electron chi connectivity index (χ3n) is 3.16. The van der Waals surface area contributed by atoms with Gasteiger partial charge in [-0.25, -0.2) is 9.97 Å². The average Bonchev–Trinajstić information content (AvgIpc) is 2.81. The van der Waals surface area contributed by atoms with Crippen molar-refractivity contribution in [3.8, 4) is 5.75 Å². The van der Waals surface area contributed by atoms with Crippen molar-refractivity contribution in [2.24, 2.45) is 4.99 Å². The van der Waals surface area contributed by atoms with Crippen LogP contribution < -0.4 is 4.74 Å². The van der Waals surface area contributed by atoms with Crippen LogP contribution in [-0.4, -0.2) is 21.8 Å². The fourth-order valence-corrected chi connectivity index (χ4v) is 2.31. The number of hydrogen-bond acceptors (Lipinski definition) is 4. The quantitative estimate of drug-likeness (QED) is 0.859. The number of ether oxygens (including phenoxy) is 1. The van der Waals surface area contributed by atoms with Crippen molar-refractivity contribution in [1.29, 1.82) is 0 Å². The Balaban J connectivity index is 1.99. The fourth-order valence-electron chi connectivity index (χ4n) is 2.31. The standard InChI is InChI=1S/C16H17N3O/c1-10(2)20-13-5-4-12-8-17-16(14(12)7-13)15-6-11(3)18-9-19-15/h4-7,9-10H,8H2,1-3H3. The van der Waals surface area contributed by atoms with Crippen LogP contribution in [0.3, 0.4) is 0 Å². The number of aryl methyl sites for hydroxylation is 1. The summed E-state index contributed by atoms with van der Waals surface area (Å²) in [5.74, 6) is 0.874. The van der Waals surface area contributed by atoms with E-state index in [0.717, 1.165) is 28.4 Å². The molecule has 2 heterocycles. The second kappa shape index (κ2) is 5.04. The Labute approximate surface area is 118 Å². The number of benzene rings is 1. The summed E-state index contributed by atoms with van der Waals surface area (Å²) in [7, 11) is 0. The van der Waals surface area contributed by atoms with Crippen LogP contribution in [0.15, 0.2) is 35.6 Å². The maximum absolute atomic E-state index is 5.76. The second-order valence-corrected chi connectivity index (χ2v) is 5.20. The number of rotatable bonds is 3. The van der Waals surface area contributed by atoms with Crippen molar-refractivity contribution < 1.29 is 4.74 Å². The molecule has 0 amide bonds. The Morgan fingerprint density at radius 1 is 1.15 bits per heavy atom. The Morgan fingerprint density at radius 3 is 2.75 bits per heavy atom. The molecule has 1 aliphatic rings. The largest absolute Gasteiger partial charge is 0.491 e. The minimum atomic E-state index is 0.163. The molecular weight excluding hydrogens is 250 g/mol. The van der Waals surface area contributed by atoms with Gasteiger partial charge in [0.15, 0.2) is 0 Å². The predicted molar refractivity (Wildman–Crippen MR) is 78.3 cm³/mol. The van der Waals surface area contributed by atoms with Gasteiger partial charge in [-0.3, -0.25) is 4.99 Å². The maximum atomic E-state index is 5.76. The molecule has 1 aliphatic heterocycles. The Kier molecular flexibility index (Phi) is 3.22. The molecule has 0 saturated heterocycles. The third kappa shape index (κ3) is 2.41. The first kappa shape index (κ1) is 12.8. The highest BCUT2D eigenvalue weighted by molar-refractivity contribution is 6.14. The lowest BCUT2D eigenvalue weighted by molar-refractivity contribution is 0.242. The normalized spacial score (nSPS) is 13.3. The molecule has 0 bridgehead atoms. The van der Waals surface area contributed by atoms with Crippen LogP contribution >= 0.6 is 0 Å². The molecule has 4 nitrogen and oxygen atoms in total. The maximum Gasteiger partial charge on any atom is 0.120 e. The zero-order valence-electron chi connectivity index (χ0n) is 11.9. The molecule has 4 heteroatoms. The minimum absolute atomic E-state index is 0.163. The van der Waals surface area contributed by atoms with Crippen LogP contribution in [0, 0.1) is 6.92 Å². The molecule has 0 N–H and O–H groups in total. The number of aromatic nitrogens is 2. The highest BCUT2D eigenvalue weighted by Gasteiger charge is 2.19. The van der Waals surface area contributed by atoms with E-state index in [1.54, 1.807) is 6.33 Å². The first-order valence-electron chi connectivity index (χ1n) is 6.77. The van der Waals surface area contributed by atoms with Gasteiger partial charge in [-0.15, -0.1) is 0 Å². The molecule has 0 atom stereocenters. The summed E-state index contributed by atoms with van der Waals surface area (Å²) < 4.78 is 5.76. The van der Waals surface area contributed by atoms with Gasteiger partial charge in [0, 0.05) is 11.3 Å². The minimum Gasteiger partial charge on any atom is -0.491 e.